The Labute approximate surface area is 546 Å². The number of hydrogen-bond acceptors (Lipinski definition) is 15. The SMILES string of the molecule is C.C.C.C.C.C.C.C.C.C.CO[Si](CCCC(C)(C)C)(OC)OC.CO[Si](CCCCC(C)C)(OC)OC.CO[Si](CCCCCC(C)(C)C)(OC)OC.CO[Si](CCCCCC(C)C)(OC)OC.CO[Si](CCCCCCC(C)C)(OC)OC. The first-order chi connectivity index (χ1) is 35.1. The van der Waals surface area contributed by atoms with Gasteiger partial charge in [0, 0.05) is 137 Å². The second-order valence-corrected chi connectivity index (χ2v) is 38.4. The molecule has 85 heavy (non-hydrogen) atoms. The Hall–Kier alpha value is 0.484. The predicted octanol–water partition coefficient (Wildman–Crippen LogP) is 21.8. The van der Waals surface area contributed by atoms with Crippen molar-refractivity contribution in [3.05, 3.63) is 0 Å². The molecule has 0 aliphatic carbocycles. The molecule has 0 atom stereocenters. The minimum atomic E-state index is -2.32. The van der Waals surface area contributed by atoms with E-state index in [1.807, 2.05) is 0 Å². The van der Waals surface area contributed by atoms with E-state index in [2.05, 4.69) is 83.1 Å². The summed E-state index contributed by atoms with van der Waals surface area (Å²) >= 11 is 0. The van der Waals surface area contributed by atoms with Gasteiger partial charge in [0.05, 0.1) is 0 Å². The normalized spacial score (nSPS) is 11.2. The van der Waals surface area contributed by atoms with Crippen molar-refractivity contribution in [3.63, 3.8) is 0 Å². The fraction of sp³-hybridized carbons (Fsp3) is 1.00. The average Bonchev–Trinajstić information content (AvgIpc) is 3.38. The maximum absolute atomic E-state index is 5.38. The van der Waals surface area contributed by atoms with E-state index < -0.39 is 44.0 Å². The fourth-order valence-electron chi connectivity index (χ4n) is 8.00. The van der Waals surface area contributed by atoms with Crippen LogP contribution in [0, 0.1) is 28.6 Å². The van der Waals surface area contributed by atoms with E-state index in [1.54, 1.807) is 107 Å². The van der Waals surface area contributed by atoms with Gasteiger partial charge in [0.15, 0.2) is 0 Å². The molecule has 540 valence electrons. The van der Waals surface area contributed by atoms with Gasteiger partial charge in [-0.1, -0.05) is 228 Å². The summed E-state index contributed by atoms with van der Waals surface area (Å²) in [6.07, 6.45) is 22.1. The highest BCUT2D eigenvalue weighted by molar-refractivity contribution is 6.62. The first-order valence-electron chi connectivity index (χ1n) is 28.3. The van der Waals surface area contributed by atoms with Gasteiger partial charge in [0.25, 0.3) is 0 Å². The lowest BCUT2D eigenvalue weighted by molar-refractivity contribution is 0.121. The second-order valence-electron chi connectivity index (χ2n) is 23.0. The summed E-state index contributed by atoms with van der Waals surface area (Å²) in [6.45, 7) is 27.1. The summed E-state index contributed by atoms with van der Waals surface area (Å²) in [5.41, 5.74) is 0.813. The average molecular weight is 1330 g/mol. The van der Waals surface area contributed by atoms with Crippen LogP contribution in [0.5, 0.6) is 0 Å². The van der Waals surface area contributed by atoms with Gasteiger partial charge in [-0.25, -0.2) is 0 Å². The van der Waals surface area contributed by atoms with Crippen molar-refractivity contribution in [2.24, 2.45) is 28.6 Å². The first-order valence-corrected chi connectivity index (χ1v) is 38.0. The summed E-state index contributed by atoms with van der Waals surface area (Å²) in [7, 11) is 13.6. The van der Waals surface area contributed by atoms with Crippen LogP contribution in [0.2, 0.25) is 30.2 Å². The lowest BCUT2D eigenvalue weighted by Crippen LogP contribution is -2.42. The van der Waals surface area contributed by atoms with Crippen LogP contribution in [-0.2, 0) is 66.4 Å². The smallest absolute Gasteiger partial charge is 0.377 e. The zero-order valence-corrected chi connectivity index (χ0v) is 59.6. The Morgan fingerprint density at radius 3 is 0.541 bits per heavy atom. The molecule has 0 spiro atoms. The van der Waals surface area contributed by atoms with Crippen LogP contribution >= 0.6 is 0 Å². The number of unbranched alkanes of at least 4 members (excludes halogenated alkanes) is 8. The van der Waals surface area contributed by atoms with Gasteiger partial charge in [0.2, 0.25) is 0 Å². The van der Waals surface area contributed by atoms with Crippen molar-refractivity contribution >= 4 is 44.0 Å². The first kappa shape index (κ1) is 123. The Morgan fingerprint density at radius 1 is 0.212 bits per heavy atom. The van der Waals surface area contributed by atoms with E-state index in [0.717, 1.165) is 86.5 Å². The molecule has 0 rings (SSSR count). The Balaban J connectivity index is -0.0000000539. The molecule has 20 heteroatoms. The van der Waals surface area contributed by atoms with Crippen LogP contribution in [0.25, 0.3) is 0 Å². The van der Waals surface area contributed by atoms with Gasteiger partial charge in [-0.15, -0.1) is 0 Å². The molecule has 0 aliphatic rings. The van der Waals surface area contributed by atoms with Gasteiger partial charge in [0.1, 0.15) is 0 Å². The van der Waals surface area contributed by atoms with E-state index in [-0.39, 0.29) is 74.3 Å². The van der Waals surface area contributed by atoms with Crippen molar-refractivity contribution in [1.29, 1.82) is 0 Å². The molecule has 0 bridgehead atoms. The van der Waals surface area contributed by atoms with Crippen LogP contribution in [0.15, 0.2) is 0 Å². The van der Waals surface area contributed by atoms with Crippen LogP contribution in [0.4, 0.5) is 0 Å². The van der Waals surface area contributed by atoms with Crippen molar-refractivity contribution in [3.8, 4) is 0 Å². The largest absolute Gasteiger partial charge is 0.500 e. The van der Waals surface area contributed by atoms with E-state index in [4.69, 9.17) is 66.4 Å². The van der Waals surface area contributed by atoms with E-state index >= 15 is 0 Å². The topological polar surface area (TPSA) is 138 Å². The summed E-state index contributed by atoms with van der Waals surface area (Å²) < 4.78 is 80.4. The fourth-order valence-corrected chi connectivity index (χ4v) is 16.9. The van der Waals surface area contributed by atoms with Crippen molar-refractivity contribution < 1.29 is 66.4 Å². The Bertz CT molecular complexity index is 1140. The standard InChI is InChI=1S/2C12H28O3Si.C11H26O3Si.2C10H24O3Si.10CH4/c1-12(2,3)10-8-7-9-11-16(13-4,14-5)15-6;1-12(2)10-8-6-7-9-11-16(13-3,14-4)15-5;1-11(2)9-7-6-8-10-15(12-3,13-4)14-5;1-10(2,3)8-7-9-14(11-4,12-5)13-6;1-10(2)8-6-7-9-14(11-3,12-4)13-5;;;;;;;;;;/h7-11H2,1-6H3;12H,6-11H2,1-5H3;11H,6-10H2,1-5H3;7-9H2,1-6H3;10H,6-9H2,1-5H3;10*1H4. The number of hydrogen-bond donors (Lipinski definition) is 0. The molecule has 0 N–H and O–H groups in total. The quantitative estimate of drug-likeness (QED) is 0.0423. The third-order valence-electron chi connectivity index (χ3n) is 13.3. The summed E-state index contributed by atoms with van der Waals surface area (Å²) in [5, 5.41) is 0. The molecule has 0 aromatic heterocycles. The summed E-state index contributed by atoms with van der Waals surface area (Å²) in [5.74, 6) is 2.41. The molecular formula is C65H170O15Si5. The maximum Gasteiger partial charge on any atom is 0.500 e. The lowest BCUT2D eigenvalue weighted by Gasteiger charge is -2.26. The molecule has 0 fully saturated rings. The highest BCUT2D eigenvalue weighted by atomic mass is 28.4. The molecule has 0 aromatic carbocycles. The minimum Gasteiger partial charge on any atom is -0.377 e. The molecule has 0 radical (unpaired) electrons. The van der Waals surface area contributed by atoms with Crippen molar-refractivity contribution in [2.45, 2.75) is 303 Å². The molecule has 15 nitrogen and oxygen atoms in total. The second kappa shape index (κ2) is 73.5. The van der Waals surface area contributed by atoms with Crippen molar-refractivity contribution in [2.75, 3.05) is 107 Å². The van der Waals surface area contributed by atoms with Crippen LogP contribution in [0.1, 0.15) is 273 Å². The monoisotopic (exact) mass is 1330 g/mol. The van der Waals surface area contributed by atoms with Gasteiger partial charge in [-0.3, -0.25) is 0 Å². The highest BCUT2D eigenvalue weighted by Gasteiger charge is 2.40. The van der Waals surface area contributed by atoms with Crippen LogP contribution in [-0.4, -0.2) is 151 Å². The van der Waals surface area contributed by atoms with E-state index in [0.29, 0.717) is 10.8 Å². The van der Waals surface area contributed by atoms with Gasteiger partial charge in [-0.05, 0) is 73.5 Å². The van der Waals surface area contributed by atoms with Crippen LogP contribution in [0.3, 0.4) is 0 Å². The third-order valence-corrected chi connectivity index (χ3v) is 27.4. The summed E-state index contributed by atoms with van der Waals surface area (Å²) in [6, 6.07) is 4.59. The zero-order valence-electron chi connectivity index (χ0n) is 54.6. The lowest BCUT2D eigenvalue weighted by atomic mass is 9.90. The molecule has 0 aliphatic heterocycles. The van der Waals surface area contributed by atoms with E-state index in [1.165, 1.54) is 77.0 Å². The highest BCUT2D eigenvalue weighted by Crippen LogP contribution is 2.27. The molecule has 0 unspecified atom stereocenters. The predicted molar refractivity (Wildman–Crippen MR) is 392 cm³/mol. The molecule has 0 saturated carbocycles. The molecule has 0 saturated heterocycles. The third kappa shape index (κ3) is 70.2. The van der Waals surface area contributed by atoms with Crippen molar-refractivity contribution in [1.82, 2.24) is 0 Å². The Morgan fingerprint density at radius 2 is 0.353 bits per heavy atom. The minimum absolute atomic E-state index is 0. The molecule has 0 amide bonds. The summed E-state index contributed by atoms with van der Waals surface area (Å²) in [4.78, 5) is 0. The Kier molecular flexibility index (Phi) is 106. The van der Waals surface area contributed by atoms with Gasteiger partial charge in [-0.2, -0.15) is 0 Å². The molecular weight excluding hydrogens is 1160 g/mol. The maximum atomic E-state index is 5.38. The molecule has 0 aromatic rings. The van der Waals surface area contributed by atoms with Gasteiger partial charge >= 0.3 is 44.0 Å². The molecule has 0 heterocycles. The van der Waals surface area contributed by atoms with Crippen LogP contribution < -0.4 is 0 Å². The van der Waals surface area contributed by atoms with E-state index in [9.17, 15) is 0 Å². The zero-order chi connectivity index (χ0) is 59.1. The van der Waals surface area contributed by atoms with Gasteiger partial charge < -0.3 is 66.4 Å². The number of rotatable bonds is 41.